The maximum atomic E-state index is 13.5. The fourth-order valence-electron chi connectivity index (χ4n) is 4.24. The molecule has 8 heteroatoms. The van der Waals surface area contributed by atoms with Crippen LogP contribution in [0.2, 0.25) is 5.02 Å². The van der Waals surface area contributed by atoms with Crippen LogP contribution in [0.3, 0.4) is 0 Å². The number of halogens is 1. The van der Waals surface area contributed by atoms with Crippen molar-refractivity contribution in [1.29, 1.82) is 0 Å². The smallest absolute Gasteiger partial charge is 0.336 e. The Labute approximate surface area is 186 Å². The molecule has 3 rings (SSSR count). The molecule has 1 heterocycles. The van der Waals surface area contributed by atoms with Gasteiger partial charge >= 0.3 is 11.9 Å². The van der Waals surface area contributed by atoms with E-state index in [-0.39, 0.29) is 24.9 Å². The highest BCUT2D eigenvalue weighted by molar-refractivity contribution is 6.30. The number of rotatable bonds is 6. The van der Waals surface area contributed by atoms with E-state index in [1.54, 1.807) is 31.2 Å². The normalized spacial score (nSPS) is 23.3. The van der Waals surface area contributed by atoms with Gasteiger partial charge in [-0.15, -0.1) is 0 Å². The van der Waals surface area contributed by atoms with Gasteiger partial charge in [0.15, 0.2) is 5.78 Å². The number of hydrogen-bond acceptors (Lipinski definition) is 7. The number of nitrogens with one attached hydrogen (secondary N) is 1. The highest BCUT2D eigenvalue weighted by atomic mass is 35.5. The topological polar surface area (TPSA) is 90.9 Å². The van der Waals surface area contributed by atoms with E-state index in [2.05, 4.69) is 5.32 Å². The van der Waals surface area contributed by atoms with Crippen molar-refractivity contribution < 1.29 is 28.6 Å². The van der Waals surface area contributed by atoms with Gasteiger partial charge in [-0.25, -0.2) is 4.79 Å². The second kappa shape index (κ2) is 9.66. The molecule has 0 spiro atoms. The molecule has 3 atom stereocenters. The Bertz CT molecular complexity index is 949. The van der Waals surface area contributed by atoms with E-state index in [0.29, 0.717) is 39.5 Å². The lowest BCUT2D eigenvalue weighted by Crippen LogP contribution is -2.43. The lowest BCUT2D eigenvalue weighted by atomic mass is 9.69. The van der Waals surface area contributed by atoms with Gasteiger partial charge in [-0.05, 0) is 37.0 Å². The minimum absolute atomic E-state index is 0.0844. The number of ether oxygens (including phenoxy) is 3. The van der Waals surface area contributed by atoms with E-state index in [0.717, 1.165) is 0 Å². The van der Waals surface area contributed by atoms with E-state index in [4.69, 9.17) is 25.8 Å². The number of benzene rings is 1. The predicted octanol–water partition coefficient (Wildman–Crippen LogP) is 3.14. The van der Waals surface area contributed by atoms with Crippen LogP contribution in [0.25, 0.3) is 0 Å². The molecule has 0 saturated carbocycles. The van der Waals surface area contributed by atoms with E-state index < -0.39 is 23.8 Å². The third kappa shape index (κ3) is 4.52. The number of carbonyl (C=O) groups is 3. The van der Waals surface area contributed by atoms with Gasteiger partial charge in [0, 0.05) is 35.0 Å². The van der Waals surface area contributed by atoms with E-state index in [1.807, 2.05) is 6.92 Å². The zero-order valence-corrected chi connectivity index (χ0v) is 18.7. The largest absolute Gasteiger partial charge is 0.468 e. The maximum Gasteiger partial charge on any atom is 0.336 e. The molecule has 1 aromatic carbocycles. The monoisotopic (exact) mass is 447 g/mol. The van der Waals surface area contributed by atoms with Gasteiger partial charge in [-0.2, -0.15) is 0 Å². The first-order valence-electron chi connectivity index (χ1n) is 10.0. The van der Waals surface area contributed by atoms with Crippen LogP contribution in [0, 0.1) is 11.8 Å². The molecule has 0 unspecified atom stereocenters. The highest BCUT2D eigenvalue weighted by Crippen LogP contribution is 2.45. The molecule has 1 aromatic rings. The number of methoxy groups -OCH3 is 2. The van der Waals surface area contributed by atoms with Gasteiger partial charge in [0.25, 0.3) is 0 Å². The fraction of sp³-hybridized carbons (Fsp3) is 0.435. The summed E-state index contributed by atoms with van der Waals surface area (Å²) in [4.78, 5) is 38.9. The molecule has 31 heavy (non-hydrogen) atoms. The summed E-state index contributed by atoms with van der Waals surface area (Å²) >= 11 is 6.06. The van der Waals surface area contributed by atoms with E-state index in [1.165, 1.54) is 14.2 Å². The van der Waals surface area contributed by atoms with E-state index >= 15 is 0 Å². The van der Waals surface area contributed by atoms with Gasteiger partial charge in [-0.1, -0.05) is 30.7 Å². The first-order chi connectivity index (χ1) is 14.8. The third-order valence-corrected chi connectivity index (χ3v) is 5.94. The number of hydrogen-bond donors (Lipinski definition) is 1. The third-order valence-electron chi connectivity index (χ3n) is 5.69. The fourth-order valence-corrected chi connectivity index (χ4v) is 4.36. The maximum absolute atomic E-state index is 13.5. The average Bonchev–Trinajstić information content (AvgIpc) is 2.73. The summed E-state index contributed by atoms with van der Waals surface area (Å²) in [5, 5.41) is 3.75. The number of esters is 2. The predicted molar refractivity (Wildman–Crippen MR) is 114 cm³/mol. The summed E-state index contributed by atoms with van der Waals surface area (Å²) < 4.78 is 15.2. The van der Waals surface area contributed by atoms with Crippen molar-refractivity contribution >= 4 is 29.3 Å². The van der Waals surface area contributed by atoms with Crippen LogP contribution in [0.1, 0.15) is 31.7 Å². The number of dihydropyridines is 1. The zero-order valence-electron chi connectivity index (χ0n) is 18.0. The van der Waals surface area contributed by atoms with Crippen LogP contribution in [-0.2, 0) is 28.6 Å². The summed E-state index contributed by atoms with van der Waals surface area (Å²) in [5.74, 6) is -3.31. The minimum atomic E-state index is -0.926. The number of Topliss-reactive ketones (excluding diaryl/α,β-unsaturated/α-hetero) is 1. The van der Waals surface area contributed by atoms with Crippen LogP contribution in [0.4, 0.5) is 0 Å². The van der Waals surface area contributed by atoms with Crippen molar-refractivity contribution in [3.05, 3.63) is 57.4 Å². The molecule has 0 radical (unpaired) electrons. The van der Waals surface area contributed by atoms with Gasteiger partial charge < -0.3 is 19.5 Å². The summed E-state index contributed by atoms with van der Waals surface area (Å²) in [7, 11) is 2.79. The lowest BCUT2D eigenvalue weighted by molar-refractivity contribution is -0.151. The second-order valence-corrected chi connectivity index (χ2v) is 8.15. The van der Waals surface area contributed by atoms with Crippen molar-refractivity contribution in [1.82, 2.24) is 5.32 Å². The van der Waals surface area contributed by atoms with Gasteiger partial charge in [0.05, 0.1) is 19.3 Å². The molecule has 1 aliphatic carbocycles. The Kier molecular flexibility index (Phi) is 7.18. The summed E-state index contributed by atoms with van der Waals surface area (Å²) in [6.07, 6.45) is 0.480. The average molecular weight is 448 g/mol. The van der Waals surface area contributed by atoms with E-state index in [9.17, 15) is 14.4 Å². The SMILES string of the molecule is COCCOC(=O)C1=C(C)NC2=C(C(=O)[C@H](C(=O)OC)[C@@H](C)C2)[C@H]1c1ccc(Cl)cc1. The molecule has 7 nitrogen and oxygen atoms in total. The molecule has 0 fully saturated rings. The minimum Gasteiger partial charge on any atom is -0.468 e. The molecule has 1 N–H and O–H groups in total. The molecular weight excluding hydrogens is 422 g/mol. The van der Waals surface area contributed by atoms with Crippen LogP contribution in [-0.4, -0.2) is 45.2 Å². The van der Waals surface area contributed by atoms with Crippen LogP contribution in [0.15, 0.2) is 46.8 Å². The van der Waals surface area contributed by atoms with Crippen LogP contribution in [0.5, 0.6) is 0 Å². The molecule has 2 aliphatic rings. The Morgan fingerprint density at radius 1 is 1.16 bits per heavy atom. The molecule has 0 aromatic heterocycles. The quantitative estimate of drug-likeness (QED) is 0.407. The van der Waals surface area contributed by atoms with Crippen LogP contribution < -0.4 is 5.32 Å². The molecule has 0 amide bonds. The second-order valence-electron chi connectivity index (χ2n) is 7.72. The first kappa shape index (κ1) is 23.0. The van der Waals surface area contributed by atoms with Crippen molar-refractivity contribution in [3.63, 3.8) is 0 Å². The molecule has 1 aliphatic heterocycles. The molecule has 0 saturated heterocycles. The standard InChI is InChI=1S/C23H26ClNO6/c1-12-11-16-20(21(26)17(12)22(27)30-4)19(14-5-7-15(24)8-6-14)18(13(2)25-16)23(28)31-10-9-29-3/h5-8,12,17,19,25H,9-11H2,1-4H3/t12-,17+,19-/m0/s1. The van der Waals surface area contributed by atoms with Gasteiger partial charge in [0.1, 0.15) is 12.5 Å². The Morgan fingerprint density at radius 3 is 2.45 bits per heavy atom. The zero-order chi connectivity index (χ0) is 22.7. The summed E-state index contributed by atoms with van der Waals surface area (Å²) in [6, 6.07) is 6.96. The summed E-state index contributed by atoms with van der Waals surface area (Å²) in [5.41, 5.74) is 2.74. The molecule has 166 valence electrons. The van der Waals surface area contributed by atoms with Gasteiger partial charge in [-0.3, -0.25) is 9.59 Å². The number of allylic oxidation sites excluding steroid dienone is 3. The highest BCUT2D eigenvalue weighted by Gasteiger charge is 2.47. The lowest BCUT2D eigenvalue weighted by Gasteiger charge is -2.38. The van der Waals surface area contributed by atoms with Crippen LogP contribution >= 0.6 is 11.6 Å². The Morgan fingerprint density at radius 2 is 1.84 bits per heavy atom. The molecule has 0 bridgehead atoms. The van der Waals surface area contributed by atoms with Gasteiger partial charge in [0.2, 0.25) is 0 Å². The Hall–Kier alpha value is -2.64. The summed E-state index contributed by atoms with van der Waals surface area (Å²) in [6.45, 7) is 3.96. The van der Waals surface area contributed by atoms with Crippen molar-refractivity contribution in [2.75, 3.05) is 27.4 Å². The Balaban J connectivity index is 2.11. The van der Waals surface area contributed by atoms with Crippen molar-refractivity contribution in [2.45, 2.75) is 26.2 Å². The van der Waals surface area contributed by atoms with Crippen molar-refractivity contribution in [3.8, 4) is 0 Å². The molecular formula is C23H26ClNO6. The number of carbonyl (C=O) groups excluding carboxylic acids is 3. The van der Waals surface area contributed by atoms with Crippen molar-refractivity contribution in [2.24, 2.45) is 11.8 Å². The first-order valence-corrected chi connectivity index (χ1v) is 10.4. The number of ketones is 1.